The van der Waals surface area contributed by atoms with Crippen LogP contribution >= 0.6 is 0 Å². The topological polar surface area (TPSA) is 51.0 Å². The van der Waals surface area contributed by atoms with E-state index in [9.17, 15) is 4.79 Å². The van der Waals surface area contributed by atoms with E-state index in [0.717, 1.165) is 36.0 Å². The molecule has 0 spiro atoms. The van der Waals surface area contributed by atoms with E-state index in [2.05, 4.69) is 20.6 Å². The number of aromatic nitrogens is 3. The van der Waals surface area contributed by atoms with Gasteiger partial charge in [-0.2, -0.15) is 0 Å². The maximum Gasteiger partial charge on any atom is 0.255 e. The Morgan fingerprint density at radius 3 is 3.00 bits per heavy atom. The third-order valence-corrected chi connectivity index (χ3v) is 4.68. The number of carbonyl (C=O) groups is 1. The number of likely N-dealkylation sites (tertiary alicyclic amines) is 1. The van der Waals surface area contributed by atoms with Crippen molar-refractivity contribution in [1.82, 2.24) is 19.4 Å². The number of carbonyl (C=O) groups excluding carboxylic acids is 1. The van der Waals surface area contributed by atoms with Crippen molar-refractivity contribution >= 4 is 16.9 Å². The van der Waals surface area contributed by atoms with E-state index in [4.69, 9.17) is 0 Å². The first-order valence-electron chi connectivity index (χ1n) is 8.35. The summed E-state index contributed by atoms with van der Waals surface area (Å²) in [5, 5.41) is 0. The summed E-state index contributed by atoms with van der Waals surface area (Å²) in [5.74, 6) is 0.0697. The number of nitrogens with zero attached hydrogens (tertiary/aromatic N) is 4. The van der Waals surface area contributed by atoms with Gasteiger partial charge in [-0.3, -0.25) is 9.78 Å². The minimum atomic E-state index is 0.0697. The minimum absolute atomic E-state index is 0.0697. The smallest absolute Gasteiger partial charge is 0.255 e. The van der Waals surface area contributed by atoms with Crippen LogP contribution in [0.4, 0.5) is 0 Å². The van der Waals surface area contributed by atoms with E-state index in [-0.39, 0.29) is 11.9 Å². The van der Waals surface area contributed by atoms with Gasteiger partial charge in [-0.1, -0.05) is 12.1 Å². The number of hydrogen-bond donors (Lipinski definition) is 0. The Morgan fingerprint density at radius 2 is 2.12 bits per heavy atom. The number of piperidine rings is 1. The lowest BCUT2D eigenvalue weighted by molar-refractivity contribution is 0.0681. The summed E-state index contributed by atoms with van der Waals surface area (Å²) in [6.45, 7) is 3.48. The first-order valence-corrected chi connectivity index (χ1v) is 8.35. The van der Waals surface area contributed by atoms with Crippen molar-refractivity contribution in [2.75, 3.05) is 13.1 Å². The van der Waals surface area contributed by atoms with E-state index >= 15 is 0 Å². The van der Waals surface area contributed by atoms with Crippen molar-refractivity contribution in [3.05, 3.63) is 60.2 Å². The molecule has 0 unspecified atom stereocenters. The number of fused-ring (bicyclic) bond motifs is 1. The summed E-state index contributed by atoms with van der Waals surface area (Å²) in [6.07, 6.45) is 7.40. The monoisotopic (exact) mass is 320 g/mol. The van der Waals surface area contributed by atoms with Crippen LogP contribution in [0, 0.1) is 6.92 Å². The third kappa shape index (κ3) is 2.66. The van der Waals surface area contributed by atoms with Gasteiger partial charge >= 0.3 is 0 Å². The van der Waals surface area contributed by atoms with E-state index in [0.29, 0.717) is 12.1 Å². The molecule has 24 heavy (non-hydrogen) atoms. The lowest BCUT2D eigenvalue weighted by atomic mass is 10.0. The summed E-state index contributed by atoms with van der Waals surface area (Å²) in [5.41, 5.74) is 3.82. The molecule has 122 valence electrons. The molecule has 2 aromatic heterocycles. The second-order valence-electron chi connectivity index (χ2n) is 6.44. The van der Waals surface area contributed by atoms with E-state index < -0.39 is 0 Å². The highest BCUT2D eigenvalue weighted by atomic mass is 16.2. The standard InChI is InChI=1S/C19H20N4O/c1-14-9-15(11-20-10-14)19(24)22-8-4-5-16(12-22)23-13-21-17-6-2-3-7-18(17)23/h2-3,6-7,9-11,13,16H,4-5,8,12H2,1H3/t16-/m1/s1. The predicted octanol–water partition coefficient (Wildman–Crippen LogP) is 3.22. The minimum Gasteiger partial charge on any atom is -0.337 e. The number of pyridine rings is 1. The van der Waals surface area contributed by atoms with Gasteiger partial charge in [0, 0.05) is 25.5 Å². The number of hydrogen-bond acceptors (Lipinski definition) is 3. The van der Waals surface area contributed by atoms with Crippen LogP contribution in [0.25, 0.3) is 11.0 Å². The van der Waals surface area contributed by atoms with Crippen LogP contribution in [-0.4, -0.2) is 38.4 Å². The van der Waals surface area contributed by atoms with Crippen LogP contribution in [0.1, 0.15) is 34.8 Å². The summed E-state index contributed by atoms with van der Waals surface area (Å²) < 4.78 is 2.21. The number of para-hydroxylation sites is 2. The van der Waals surface area contributed by atoms with Crippen molar-refractivity contribution in [2.24, 2.45) is 0 Å². The molecule has 3 aromatic rings. The highest BCUT2D eigenvalue weighted by molar-refractivity contribution is 5.94. The largest absolute Gasteiger partial charge is 0.337 e. The van der Waals surface area contributed by atoms with Gasteiger partial charge in [0.15, 0.2) is 0 Å². The van der Waals surface area contributed by atoms with Crippen LogP contribution in [0.5, 0.6) is 0 Å². The second kappa shape index (κ2) is 6.07. The molecule has 1 aromatic carbocycles. The van der Waals surface area contributed by atoms with E-state index in [1.54, 1.807) is 12.4 Å². The fourth-order valence-corrected chi connectivity index (χ4v) is 3.49. The van der Waals surface area contributed by atoms with Crippen LogP contribution < -0.4 is 0 Å². The molecule has 0 bridgehead atoms. The Labute approximate surface area is 140 Å². The molecule has 1 fully saturated rings. The first kappa shape index (κ1) is 14.9. The molecule has 1 aliphatic rings. The maximum absolute atomic E-state index is 12.8. The van der Waals surface area contributed by atoms with Gasteiger partial charge in [0.1, 0.15) is 0 Å². The van der Waals surface area contributed by atoms with Gasteiger partial charge in [0.25, 0.3) is 5.91 Å². The highest BCUT2D eigenvalue weighted by Gasteiger charge is 2.26. The molecule has 0 N–H and O–H groups in total. The maximum atomic E-state index is 12.8. The average molecular weight is 320 g/mol. The van der Waals surface area contributed by atoms with Crippen molar-refractivity contribution in [3.8, 4) is 0 Å². The molecular weight excluding hydrogens is 300 g/mol. The summed E-state index contributed by atoms with van der Waals surface area (Å²) in [4.78, 5) is 23.4. The Balaban J connectivity index is 1.59. The number of imidazole rings is 1. The summed E-state index contributed by atoms with van der Waals surface area (Å²) in [7, 11) is 0. The van der Waals surface area contributed by atoms with Crippen LogP contribution in [0.15, 0.2) is 49.1 Å². The molecule has 5 heteroatoms. The molecule has 1 amide bonds. The van der Waals surface area contributed by atoms with E-state index in [1.165, 1.54) is 0 Å². The van der Waals surface area contributed by atoms with E-state index in [1.807, 2.05) is 42.4 Å². The van der Waals surface area contributed by atoms with Crippen molar-refractivity contribution in [1.29, 1.82) is 0 Å². The van der Waals surface area contributed by atoms with Crippen molar-refractivity contribution < 1.29 is 4.79 Å². The number of rotatable bonds is 2. The molecular formula is C19H20N4O. The average Bonchev–Trinajstić information content (AvgIpc) is 3.05. The van der Waals surface area contributed by atoms with Gasteiger partial charge in [0.2, 0.25) is 0 Å². The molecule has 4 rings (SSSR count). The SMILES string of the molecule is Cc1cncc(C(=O)N2CCC[C@@H](n3cnc4ccccc43)C2)c1. The quantitative estimate of drug-likeness (QED) is 0.728. The molecule has 0 saturated carbocycles. The van der Waals surface area contributed by atoms with Gasteiger partial charge in [-0.25, -0.2) is 4.98 Å². The number of benzene rings is 1. The zero-order chi connectivity index (χ0) is 16.5. The molecule has 0 aliphatic carbocycles. The Hall–Kier alpha value is -2.69. The highest BCUT2D eigenvalue weighted by Crippen LogP contribution is 2.26. The van der Waals surface area contributed by atoms with Crippen molar-refractivity contribution in [2.45, 2.75) is 25.8 Å². The van der Waals surface area contributed by atoms with Gasteiger partial charge < -0.3 is 9.47 Å². The normalized spacial score (nSPS) is 18.0. The lowest BCUT2D eigenvalue weighted by Gasteiger charge is -2.33. The number of aryl methyl sites for hydroxylation is 1. The van der Waals surface area contributed by atoms with Crippen LogP contribution in [0.2, 0.25) is 0 Å². The molecule has 0 radical (unpaired) electrons. The van der Waals surface area contributed by atoms with Crippen LogP contribution in [-0.2, 0) is 0 Å². The molecule has 1 atom stereocenters. The summed E-state index contributed by atoms with van der Waals surface area (Å²) in [6, 6.07) is 10.3. The molecule has 5 nitrogen and oxygen atoms in total. The molecule has 3 heterocycles. The zero-order valence-corrected chi connectivity index (χ0v) is 13.7. The Bertz CT molecular complexity index is 886. The van der Waals surface area contributed by atoms with Gasteiger partial charge in [-0.15, -0.1) is 0 Å². The number of amides is 1. The Kier molecular flexibility index (Phi) is 3.76. The zero-order valence-electron chi connectivity index (χ0n) is 13.7. The van der Waals surface area contributed by atoms with Crippen molar-refractivity contribution in [3.63, 3.8) is 0 Å². The van der Waals surface area contributed by atoms with Crippen LogP contribution in [0.3, 0.4) is 0 Å². The fraction of sp³-hybridized carbons (Fsp3) is 0.316. The second-order valence-corrected chi connectivity index (χ2v) is 6.44. The van der Waals surface area contributed by atoms with Gasteiger partial charge in [0.05, 0.1) is 29.0 Å². The third-order valence-electron chi connectivity index (χ3n) is 4.68. The predicted molar refractivity (Wildman–Crippen MR) is 92.9 cm³/mol. The first-order chi connectivity index (χ1) is 11.7. The lowest BCUT2D eigenvalue weighted by Crippen LogP contribution is -2.40. The Morgan fingerprint density at radius 1 is 1.25 bits per heavy atom. The fourth-order valence-electron chi connectivity index (χ4n) is 3.49. The molecule has 1 saturated heterocycles. The molecule has 1 aliphatic heterocycles. The van der Waals surface area contributed by atoms with Gasteiger partial charge in [-0.05, 0) is 43.5 Å². The summed E-state index contributed by atoms with van der Waals surface area (Å²) >= 11 is 0.